The molecule has 0 unspecified atom stereocenters. The molecule has 1 saturated heterocycles. The lowest BCUT2D eigenvalue weighted by Crippen LogP contribution is -2.64. The van der Waals surface area contributed by atoms with E-state index in [1.165, 1.54) is 14.1 Å². The number of imide groups is 2. The van der Waals surface area contributed by atoms with Crippen LogP contribution in [0.25, 0.3) is 0 Å². The second-order valence-electron chi connectivity index (χ2n) is 6.09. The van der Waals surface area contributed by atoms with Gasteiger partial charge in [0.05, 0.1) is 0 Å². The number of amides is 4. The van der Waals surface area contributed by atoms with Crippen molar-refractivity contribution < 1.29 is 14.4 Å². The number of hydrogen-bond donors (Lipinski definition) is 0. The average molecular weight is 338 g/mol. The Morgan fingerprint density at radius 3 is 1.60 bits per heavy atom. The summed E-state index contributed by atoms with van der Waals surface area (Å²) in [4.78, 5) is 48.7. The van der Waals surface area contributed by atoms with Gasteiger partial charge in [-0.25, -0.2) is 4.79 Å². The molecule has 25 heavy (non-hydrogen) atoms. The van der Waals surface area contributed by atoms with Gasteiger partial charge in [-0.15, -0.1) is 0 Å². The smallest absolute Gasteiger partial charge is 0.273 e. The van der Waals surface area contributed by atoms with E-state index in [9.17, 15) is 14.4 Å². The molecule has 128 valence electrons. The SMILES string of the molecule is CN1C(=O)N(C)C(=O)C(Cc2ccccn2)(Cc2ccccn2)C1=O. The second-order valence-corrected chi connectivity index (χ2v) is 6.09. The molecule has 3 rings (SSSR count). The maximum atomic E-state index is 13.0. The molecule has 0 aromatic carbocycles. The lowest BCUT2D eigenvalue weighted by atomic mass is 9.75. The summed E-state index contributed by atoms with van der Waals surface area (Å²) in [6, 6.07) is 10.0. The summed E-state index contributed by atoms with van der Waals surface area (Å²) < 4.78 is 0. The van der Waals surface area contributed by atoms with Crippen molar-refractivity contribution in [3.8, 4) is 0 Å². The molecule has 7 nitrogen and oxygen atoms in total. The van der Waals surface area contributed by atoms with Gasteiger partial charge in [-0.05, 0) is 24.3 Å². The maximum absolute atomic E-state index is 13.0. The van der Waals surface area contributed by atoms with Crippen molar-refractivity contribution in [3.63, 3.8) is 0 Å². The van der Waals surface area contributed by atoms with Crippen LogP contribution in [-0.4, -0.2) is 51.7 Å². The van der Waals surface area contributed by atoms with Gasteiger partial charge in [0.25, 0.3) is 0 Å². The van der Waals surface area contributed by atoms with E-state index in [1.54, 1.807) is 48.8 Å². The number of carbonyl (C=O) groups excluding carboxylic acids is 3. The standard InChI is InChI=1S/C18H18N4O3/c1-21-15(23)18(16(24)22(2)17(21)25,11-13-7-3-5-9-19-13)12-14-8-4-6-10-20-14/h3-10H,11-12H2,1-2H3. The zero-order valence-corrected chi connectivity index (χ0v) is 14.0. The van der Waals surface area contributed by atoms with Crippen molar-refractivity contribution >= 4 is 17.8 Å². The third-order valence-corrected chi connectivity index (χ3v) is 4.42. The Kier molecular flexibility index (Phi) is 4.31. The fourth-order valence-corrected chi connectivity index (χ4v) is 3.12. The van der Waals surface area contributed by atoms with Crippen molar-refractivity contribution in [2.45, 2.75) is 12.8 Å². The van der Waals surface area contributed by atoms with E-state index >= 15 is 0 Å². The van der Waals surface area contributed by atoms with Gasteiger partial charge in [-0.2, -0.15) is 0 Å². The molecule has 2 aromatic heterocycles. The van der Waals surface area contributed by atoms with E-state index in [0.29, 0.717) is 11.4 Å². The number of pyridine rings is 2. The van der Waals surface area contributed by atoms with Crippen LogP contribution < -0.4 is 0 Å². The summed E-state index contributed by atoms with van der Waals surface area (Å²) in [6.45, 7) is 0. The van der Waals surface area contributed by atoms with E-state index in [4.69, 9.17) is 0 Å². The fraction of sp³-hybridized carbons (Fsp3) is 0.278. The highest BCUT2D eigenvalue weighted by atomic mass is 16.2. The summed E-state index contributed by atoms with van der Waals surface area (Å²) in [6.07, 6.45) is 3.43. The van der Waals surface area contributed by atoms with Crippen molar-refractivity contribution in [3.05, 3.63) is 60.2 Å². The van der Waals surface area contributed by atoms with E-state index < -0.39 is 23.3 Å². The number of carbonyl (C=O) groups is 3. The molecule has 1 aliphatic heterocycles. The quantitative estimate of drug-likeness (QED) is 0.785. The van der Waals surface area contributed by atoms with Gasteiger partial charge in [0.15, 0.2) is 0 Å². The van der Waals surface area contributed by atoms with Gasteiger partial charge in [0, 0.05) is 50.7 Å². The van der Waals surface area contributed by atoms with Gasteiger partial charge >= 0.3 is 6.03 Å². The van der Waals surface area contributed by atoms with Gasteiger partial charge in [-0.1, -0.05) is 12.1 Å². The van der Waals surface area contributed by atoms with E-state index in [0.717, 1.165) is 9.80 Å². The van der Waals surface area contributed by atoms with Gasteiger partial charge < -0.3 is 0 Å². The van der Waals surface area contributed by atoms with E-state index in [2.05, 4.69) is 9.97 Å². The predicted octanol–water partition coefficient (Wildman–Crippen LogP) is 1.30. The molecular formula is C18H18N4O3. The van der Waals surface area contributed by atoms with Gasteiger partial charge in [0.1, 0.15) is 5.41 Å². The second kappa shape index (κ2) is 6.43. The van der Waals surface area contributed by atoms with Crippen LogP contribution >= 0.6 is 0 Å². The van der Waals surface area contributed by atoms with Crippen LogP contribution in [0, 0.1) is 5.41 Å². The van der Waals surface area contributed by atoms with Crippen LogP contribution in [0.2, 0.25) is 0 Å². The minimum absolute atomic E-state index is 0.101. The number of nitrogens with zero attached hydrogens (tertiary/aromatic N) is 4. The van der Waals surface area contributed by atoms with Gasteiger partial charge in [-0.3, -0.25) is 29.4 Å². The predicted molar refractivity (Wildman–Crippen MR) is 89.3 cm³/mol. The van der Waals surface area contributed by atoms with Crippen LogP contribution in [0.5, 0.6) is 0 Å². The monoisotopic (exact) mass is 338 g/mol. The van der Waals surface area contributed by atoms with Gasteiger partial charge in [0.2, 0.25) is 11.8 Å². The van der Waals surface area contributed by atoms with E-state index in [1.807, 2.05) is 0 Å². The molecule has 0 saturated carbocycles. The number of rotatable bonds is 4. The third kappa shape index (κ3) is 2.88. The zero-order valence-electron chi connectivity index (χ0n) is 14.0. The first-order valence-electron chi connectivity index (χ1n) is 7.86. The van der Waals surface area contributed by atoms with Crippen molar-refractivity contribution in [1.82, 2.24) is 19.8 Å². The van der Waals surface area contributed by atoms with Crippen LogP contribution in [-0.2, 0) is 22.4 Å². The number of urea groups is 1. The largest absolute Gasteiger partial charge is 0.332 e. The number of barbiturate groups is 1. The molecule has 1 aliphatic rings. The Morgan fingerprint density at radius 1 is 0.800 bits per heavy atom. The molecule has 0 bridgehead atoms. The highest BCUT2D eigenvalue weighted by Gasteiger charge is 2.55. The first kappa shape index (κ1) is 16.8. The lowest BCUT2D eigenvalue weighted by molar-refractivity contribution is -0.157. The molecule has 1 fully saturated rings. The molecule has 3 heterocycles. The Morgan fingerprint density at radius 2 is 1.24 bits per heavy atom. The molecule has 0 atom stereocenters. The van der Waals surface area contributed by atoms with Crippen LogP contribution in [0.1, 0.15) is 11.4 Å². The molecule has 0 aliphatic carbocycles. The molecule has 0 N–H and O–H groups in total. The summed E-state index contributed by atoms with van der Waals surface area (Å²) in [7, 11) is 2.78. The first-order chi connectivity index (χ1) is 12.0. The molecular weight excluding hydrogens is 320 g/mol. The average Bonchev–Trinajstić information content (AvgIpc) is 2.65. The Hall–Kier alpha value is -3.09. The summed E-state index contributed by atoms with van der Waals surface area (Å²) in [5, 5.41) is 0. The molecule has 4 amide bonds. The highest BCUT2D eigenvalue weighted by Crippen LogP contribution is 2.35. The Bertz CT molecular complexity index is 740. The molecule has 2 aromatic rings. The summed E-state index contributed by atoms with van der Waals surface area (Å²) in [5.74, 6) is -1.06. The topological polar surface area (TPSA) is 83.5 Å². The minimum atomic E-state index is -1.44. The third-order valence-electron chi connectivity index (χ3n) is 4.42. The van der Waals surface area contributed by atoms with Crippen molar-refractivity contribution in [2.24, 2.45) is 5.41 Å². The Labute approximate surface area is 145 Å². The zero-order chi connectivity index (χ0) is 18.0. The molecule has 0 radical (unpaired) electrons. The highest BCUT2D eigenvalue weighted by molar-refractivity contribution is 6.19. The fourth-order valence-electron chi connectivity index (χ4n) is 3.12. The number of hydrogen-bond acceptors (Lipinski definition) is 5. The van der Waals surface area contributed by atoms with Crippen LogP contribution in [0.4, 0.5) is 4.79 Å². The van der Waals surface area contributed by atoms with Crippen LogP contribution in [0.3, 0.4) is 0 Å². The summed E-state index contributed by atoms with van der Waals surface area (Å²) >= 11 is 0. The van der Waals surface area contributed by atoms with Crippen molar-refractivity contribution in [1.29, 1.82) is 0 Å². The van der Waals surface area contributed by atoms with Crippen LogP contribution in [0.15, 0.2) is 48.8 Å². The van der Waals surface area contributed by atoms with Crippen molar-refractivity contribution in [2.75, 3.05) is 14.1 Å². The Balaban J connectivity index is 2.09. The molecule has 7 heteroatoms. The molecule has 0 spiro atoms. The maximum Gasteiger partial charge on any atom is 0.332 e. The first-order valence-corrected chi connectivity index (χ1v) is 7.86. The lowest BCUT2D eigenvalue weighted by Gasteiger charge is -2.41. The van der Waals surface area contributed by atoms with E-state index in [-0.39, 0.29) is 12.8 Å². The normalized spacial score (nSPS) is 17.1. The minimum Gasteiger partial charge on any atom is -0.273 e. The summed E-state index contributed by atoms with van der Waals surface area (Å²) in [5.41, 5.74) is -0.229. The number of aromatic nitrogens is 2.